The second kappa shape index (κ2) is 5.23. The molecule has 0 fully saturated rings. The fourth-order valence-corrected chi connectivity index (χ4v) is 1.66. The molecule has 0 aliphatic heterocycles. The summed E-state index contributed by atoms with van der Waals surface area (Å²) in [5, 5.41) is 8.70. The maximum absolute atomic E-state index is 11.3. The van der Waals surface area contributed by atoms with E-state index in [1.54, 1.807) is 42.5 Å². The minimum atomic E-state index is -0.0811. The molecule has 4 heteroatoms. The van der Waals surface area contributed by atoms with Gasteiger partial charge in [0, 0.05) is 17.3 Å². The molecule has 2 aromatic carbocycles. The van der Waals surface area contributed by atoms with Gasteiger partial charge in [-0.2, -0.15) is 5.26 Å². The summed E-state index contributed by atoms with van der Waals surface area (Å²) in [4.78, 5) is 11.3. The van der Waals surface area contributed by atoms with Crippen molar-refractivity contribution in [1.29, 1.82) is 5.26 Å². The number of benzene rings is 2. The Kier molecular flexibility index (Phi) is 3.48. The minimum absolute atomic E-state index is 0.0811. The first-order valence-corrected chi connectivity index (χ1v) is 5.68. The lowest BCUT2D eigenvalue weighted by Gasteiger charge is -2.08. The number of nitrogens with two attached hydrogens (primary N) is 1. The first-order valence-electron chi connectivity index (χ1n) is 5.68. The largest absolute Gasteiger partial charge is 0.457 e. The molecule has 2 rings (SSSR count). The third-order valence-corrected chi connectivity index (χ3v) is 2.62. The third-order valence-electron chi connectivity index (χ3n) is 2.62. The molecule has 94 valence electrons. The van der Waals surface area contributed by atoms with Crippen LogP contribution >= 0.6 is 0 Å². The number of carbonyl (C=O) groups excluding carboxylic acids is 1. The molecule has 0 bridgehead atoms. The van der Waals surface area contributed by atoms with E-state index in [4.69, 9.17) is 15.7 Å². The average molecular weight is 252 g/mol. The molecule has 4 nitrogen and oxygen atoms in total. The van der Waals surface area contributed by atoms with Gasteiger partial charge in [-0.1, -0.05) is 0 Å². The number of hydrogen-bond acceptors (Lipinski definition) is 4. The lowest BCUT2D eigenvalue weighted by molar-refractivity contribution is 0.101. The van der Waals surface area contributed by atoms with Gasteiger partial charge in [0.2, 0.25) is 0 Å². The summed E-state index contributed by atoms with van der Waals surface area (Å²) >= 11 is 0. The number of Topliss-reactive ketones (excluding diaryl/α,β-unsaturated/α-hetero) is 1. The van der Waals surface area contributed by atoms with E-state index in [9.17, 15) is 4.79 Å². The third kappa shape index (κ3) is 2.90. The molecule has 2 N–H and O–H groups in total. The van der Waals surface area contributed by atoms with Gasteiger partial charge in [0.25, 0.3) is 0 Å². The Balaban J connectivity index is 2.21. The van der Waals surface area contributed by atoms with Crippen molar-refractivity contribution >= 4 is 11.5 Å². The van der Waals surface area contributed by atoms with Crippen molar-refractivity contribution in [3.05, 3.63) is 53.6 Å². The molecule has 0 spiro atoms. The SMILES string of the molecule is CC(=O)c1ccc(Oc2ccc(C#N)cc2)cc1N. The predicted octanol–water partition coefficient (Wildman–Crippen LogP) is 3.14. The van der Waals surface area contributed by atoms with Crippen molar-refractivity contribution in [1.82, 2.24) is 0 Å². The highest BCUT2D eigenvalue weighted by molar-refractivity contribution is 5.99. The summed E-state index contributed by atoms with van der Waals surface area (Å²) in [7, 11) is 0. The van der Waals surface area contributed by atoms with Crippen LogP contribution in [0.25, 0.3) is 0 Å². The lowest BCUT2D eigenvalue weighted by atomic mass is 10.1. The summed E-state index contributed by atoms with van der Waals surface area (Å²) in [5.74, 6) is 1.07. The van der Waals surface area contributed by atoms with Crippen LogP contribution in [0.5, 0.6) is 11.5 Å². The molecule has 0 atom stereocenters. The molecule has 0 aromatic heterocycles. The van der Waals surface area contributed by atoms with Gasteiger partial charge < -0.3 is 10.5 Å². The molecule has 0 radical (unpaired) electrons. The Bertz CT molecular complexity index is 655. The molecule has 19 heavy (non-hydrogen) atoms. The highest BCUT2D eigenvalue weighted by atomic mass is 16.5. The van der Waals surface area contributed by atoms with E-state index < -0.39 is 0 Å². The summed E-state index contributed by atoms with van der Waals surface area (Å²) in [5.41, 5.74) is 7.21. The Morgan fingerprint density at radius 2 is 1.79 bits per heavy atom. The number of carbonyl (C=O) groups is 1. The predicted molar refractivity (Wildman–Crippen MR) is 72.1 cm³/mol. The molecule has 2 aromatic rings. The van der Waals surface area contributed by atoms with Crippen LogP contribution in [0.1, 0.15) is 22.8 Å². The van der Waals surface area contributed by atoms with Gasteiger partial charge in [0.05, 0.1) is 11.6 Å². The van der Waals surface area contributed by atoms with E-state index in [2.05, 4.69) is 0 Å². The molecule has 0 heterocycles. The number of ketones is 1. The molecule has 0 unspecified atom stereocenters. The highest BCUT2D eigenvalue weighted by Gasteiger charge is 2.06. The molecular formula is C15H12N2O2. The first-order chi connectivity index (χ1) is 9.10. The van der Waals surface area contributed by atoms with E-state index in [0.717, 1.165) is 0 Å². The van der Waals surface area contributed by atoms with Gasteiger partial charge in [-0.25, -0.2) is 0 Å². The van der Waals surface area contributed by atoms with E-state index in [-0.39, 0.29) is 5.78 Å². The van der Waals surface area contributed by atoms with E-state index in [1.807, 2.05) is 6.07 Å². The number of nitrogens with zero attached hydrogens (tertiary/aromatic N) is 1. The Hall–Kier alpha value is -2.80. The van der Waals surface area contributed by atoms with Crippen molar-refractivity contribution < 1.29 is 9.53 Å². The van der Waals surface area contributed by atoms with Crippen LogP contribution in [-0.4, -0.2) is 5.78 Å². The zero-order chi connectivity index (χ0) is 13.8. The first kappa shape index (κ1) is 12.7. The van der Waals surface area contributed by atoms with Crippen LogP contribution in [-0.2, 0) is 0 Å². The van der Waals surface area contributed by atoms with Gasteiger partial charge >= 0.3 is 0 Å². The molecular weight excluding hydrogens is 240 g/mol. The molecule has 0 saturated heterocycles. The Morgan fingerprint density at radius 1 is 1.16 bits per heavy atom. The van der Waals surface area contributed by atoms with Crippen LogP contribution in [0.3, 0.4) is 0 Å². The van der Waals surface area contributed by atoms with Crippen LogP contribution in [0, 0.1) is 11.3 Å². The number of rotatable bonds is 3. The molecule has 0 aliphatic rings. The fourth-order valence-electron chi connectivity index (χ4n) is 1.66. The summed E-state index contributed by atoms with van der Waals surface area (Å²) < 4.78 is 5.59. The topological polar surface area (TPSA) is 76.1 Å². The van der Waals surface area contributed by atoms with Crippen LogP contribution in [0.4, 0.5) is 5.69 Å². The van der Waals surface area contributed by atoms with Gasteiger partial charge in [-0.05, 0) is 43.3 Å². The minimum Gasteiger partial charge on any atom is -0.457 e. The van der Waals surface area contributed by atoms with Gasteiger partial charge in [-0.15, -0.1) is 0 Å². The number of ether oxygens (including phenoxy) is 1. The van der Waals surface area contributed by atoms with Crippen LogP contribution in [0.15, 0.2) is 42.5 Å². The maximum atomic E-state index is 11.3. The number of nitrogen functional groups attached to an aromatic ring is 1. The molecule has 0 saturated carbocycles. The number of nitriles is 1. The van der Waals surface area contributed by atoms with Crippen molar-refractivity contribution in [2.75, 3.05) is 5.73 Å². The molecule has 0 aliphatic carbocycles. The zero-order valence-electron chi connectivity index (χ0n) is 10.4. The highest BCUT2D eigenvalue weighted by Crippen LogP contribution is 2.25. The summed E-state index contributed by atoms with van der Waals surface area (Å²) in [6.45, 7) is 1.47. The smallest absolute Gasteiger partial charge is 0.161 e. The summed E-state index contributed by atoms with van der Waals surface area (Å²) in [6, 6.07) is 13.7. The second-order valence-electron chi connectivity index (χ2n) is 4.04. The van der Waals surface area contributed by atoms with Crippen molar-refractivity contribution in [3.8, 4) is 17.6 Å². The second-order valence-corrected chi connectivity index (χ2v) is 4.04. The van der Waals surface area contributed by atoms with Crippen molar-refractivity contribution in [2.24, 2.45) is 0 Å². The van der Waals surface area contributed by atoms with E-state index in [0.29, 0.717) is 28.3 Å². The normalized spacial score (nSPS) is 9.68. The van der Waals surface area contributed by atoms with Gasteiger partial charge in [0.15, 0.2) is 5.78 Å². The summed E-state index contributed by atoms with van der Waals surface area (Å²) in [6.07, 6.45) is 0. The molecule has 0 amide bonds. The van der Waals surface area contributed by atoms with E-state index in [1.165, 1.54) is 6.92 Å². The quantitative estimate of drug-likeness (QED) is 0.672. The Labute approximate surface area is 111 Å². The fraction of sp³-hybridized carbons (Fsp3) is 0.0667. The number of hydrogen-bond donors (Lipinski definition) is 1. The van der Waals surface area contributed by atoms with Crippen LogP contribution in [0.2, 0.25) is 0 Å². The van der Waals surface area contributed by atoms with Crippen molar-refractivity contribution in [3.63, 3.8) is 0 Å². The van der Waals surface area contributed by atoms with E-state index >= 15 is 0 Å². The number of anilines is 1. The average Bonchev–Trinajstić information content (AvgIpc) is 2.39. The zero-order valence-corrected chi connectivity index (χ0v) is 10.4. The maximum Gasteiger partial charge on any atom is 0.161 e. The monoisotopic (exact) mass is 252 g/mol. The Morgan fingerprint density at radius 3 is 2.32 bits per heavy atom. The van der Waals surface area contributed by atoms with Gasteiger partial charge in [0.1, 0.15) is 11.5 Å². The lowest BCUT2D eigenvalue weighted by Crippen LogP contribution is -1.99. The van der Waals surface area contributed by atoms with Crippen molar-refractivity contribution in [2.45, 2.75) is 6.92 Å². The van der Waals surface area contributed by atoms with Crippen LogP contribution < -0.4 is 10.5 Å². The standard InChI is InChI=1S/C15H12N2O2/c1-10(18)14-7-6-13(8-15(14)17)19-12-4-2-11(9-16)3-5-12/h2-8H,17H2,1H3. The van der Waals surface area contributed by atoms with Gasteiger partial charge in [-0.3, -0.25) is 4.79 Å².